The van der Waals surface area contributed by atoms with Gasteiger partial charge in [-0.25, -0.2) is 18.3 Å². The van der Waals surface area contributed by atoms with Gasteiger partial charge in [0, 0.05) is 23.5 Å². The lowest BCUT2D eigenvalue weighted by Crippen LogP contribution is -2.41. The monoisotopic (exact) mass is 560 g/mol. The van der Waals surface area contributed by atoms with E-state index in [2.05, 4.69) is 26.3 Å². The van der Waals surface area contributed by atoms with E-state index in [0.717, 1.165) is 0 Å². The number of amides is 2. The molecule has 0 aliphatic carbocycles. The molecule has 10 heteroatoms. The maximum atomic E-state index is 14.4. The summed E-state index contributed by atoms with van der Waals surface area (Å²) >= 11 is 3.20. The topological polar surface area (TPSA) is 76.5 Å². The Kier molecular flexibility index (Phi) is 7.44. The van der Waals surface area contributed by atoms with Gasteiger partial charge in [0.15, 0.2) is 0 Å². The van der Waals surface area contributed by atoms with Crippen molar-refractivity contribution in [2.45, 2.75) is 45.1 Å². The van der Waals surface area contributed by atoms with Crippen molar-refractivity contribution >= 4 is 33.6 Å². The van der Waals surface area contributed by atoms with Crippen molar-refractivity contribution in [2.75, 3.05) is 18.4 Å². The van der Waals surface area contributed by atoms with E-state index < -0.39 is 23.1 Å². The number of piperidine rings is 1. The van der Waals surface area contributed by atoms with Crippen LogP contribution < -0.4 is 5.32 Å². The number of nitrogens with zero attached hydrogens (tertiary/aromatic N) is 3. The third-order valence-corrected chi connectivity index (χ3v) is 6.31. The Morgan fingerprint density at radius 1 is 1.11 bits per heavy atom. The normalized spacial score (nSPS) is 14.6. The summed E-state index contributed by atoms with van der Waals surface area (Å²) in [4.78, 5) is 27.4. The number of carbonyl (C=O) groups is 2. The number of carbonyl (C=O) groups excluding carboxylic acids is 2. The number of aromatic nitrogens is 2. The van der Waals surface area contributed by atoms with Crippen molar-refractivity contribution in [1.82, 2.24) is 14.7 Å². The molecule has 190 valence electrons. The summed E-state index contributed by atoms with van der Waals surface area (Å²) in [6.07, 6.45) is 2.12. The van der Waals surface area contributed by atoms with Crippen LogP contribution in [0, 0.1) is 11.6 Å². The Balaban J connectivity index is 1.63. The van der Waals surface area contributed by atoms with Crippen molar-refractivity contribution in [3.8, 4) is 5.69 Å². The van der Waals surface area contributed by atoms with Crippen LogP contribution in [0.3, 0.4) is 0 Å². The largest absolute Gasteiger partial charge is 0.444 e. The standard InChI is InChI=1S/C26H27BrF2N4O3/c1-26(2,3)36-25(35)32-11-9-16(10-12-32)23-20(15-30-33(23)19-6-4-5-18(28)14-19)24(34)31-22-8-7-17(27)13-21(22)29/h4-8,13-16H,9-12H2,1-3H3,(H,31,34). The van der Waals surface area contributed by atoms with Gasteiger partial charge in [0.1, 0.15) is 17.2 Å². The van der Waals surface area contributed by atoms with Gasteiger partial charge in [0.05, 0.1) is 28.8 Å². The molecule has 0 atom stereocenters. The predicted octanol–water partition coefficient (Wildman–Crippen LogP) is 6.28. The Morgan fingerprint density at radius 2 is 1.83 bits per heavy atom. The Hall–Kier alpha value is -3.27. The van der Waals surface area contributed by atoms with Gasteiger partial charge >= 0.3 is 6.09 Å². The molecule has 2 amide bonds. The molecule has 0 radical (unpaired) electrons. The lowest BCUT2D eigenvalue weighted by atomic mass is 9.90. The fraction of sp³-hybridized carbons (Fsp3) is 0.346. The van der Waals surface area contributed by atoms with Gasteiger partial charge in [-0.15, -0.1) is 0 Å². The summed E-state index contributed by atoms with van der Waals surface area (Å²) in [6.45, 7) is 6.30. The van der Waals surface area contributed by atoms with Gasteiger partial charge in [-0.05, 0) is 70.0 Å². The summed E-state index contributed by atoms with van der Waals surface area (Å²) in [5.41, 5.74) is 0.745. The van der Waals surface area contributed by atoms with Crippen LogP contribution in [0.4, 0.5) is 19.3 Å². The fourth-order valence-electron chi connectivity index (χ4n) is 4.18. The van der Waals surface area contributed by atoms with Crippen LogP contribution in [-0.2, 0) is 4.74 Å². The van der Waals surface area contributed by atoms with Gasteiger partial charge in [-0.2, -0.15) is 5.10 Å². The molecule has 0 spiro atoms. The number of anilines is 1. The minimum Gasteiger partial charge on any atom is -0.444 e. The van der Waals surface area contributed by atoms with Crippen LogP contribution in [0.1, 0.15) is 55.6 Å². The fourth-order valence-corrected chi connectivity index (χ4v) is 4.51. The molecule has 1 aromatic heterocycles. The first kappa shape index (κ1) is 25.8. The average Bonchev–Trinajstić information content (AvgIpc) is 3.25. The van der Waals surface area contributed by atoms with Crippen LogP contribution in [0.5, 0.6) is 0 Å². The maximum absolute atomic E-state index is 14.4. The summed E-state index contributed by atoms with van der Waals surface area (Å²) < 4.78 is 36.0. The molecular formula is C26H27BrF2N4O3. The number of hydrogen-bond donors (Lipinski definition) is 1. The van der Waals surface area contributed by atoms with Crippen LogP contribution in [0.25, 0.3) is 5.69 Å². The van der Waals surface area contributed by atoms with E-state index in [1.54, 1.807) is 27.8 Å². The van der Waals surface area contributed by atoms with E-state index in [1.165, 1.54) is 30.5 Å². The molecule has 0 bridgehead atoms. The Morgan fingerprint density at radius 3 is 2.47 bits per heavy atom. The lowest BCUT2D eigenvalue weighted by Gasteiger charge is -2.34. The maximum Gasteiger partial charge on any atom is 0.410 e. The van der Waals surface area contributed by atoms with E-state index in [0.29, 0.717) is 41.8 Å². The van der Waals surface area contributed by atoms with Gasteiger partial charge in [0.2, 0.25) is 0 Å². The molecule has 7 nitrogen and oxygen atoms in total. The zero-order chi connectivity index (χ0) is 26.0. The minimum atomic E-state index is -0.600. The smallest absolute Gasteiger partial charge is 0.410 e. The van der Waals surface area contributed by atoms with E-state index in [1.807, 2.05) is 20.8 Å². The highest BCUT2D eigenvalue weighted by Crippen LogP contribution is 2.33. The average molecular weight is 561 g/mol. The highest BCUT2D eigenvalue weighted by molar-refractivity contribution is 9.10. The number of likely N-dealkylation sites (tertiary alicyclic amines) is 1. The summed E-state index contributed by atoms with van der Waals surface area (Å²) in [5, 5.41) is 7.00. The molecule has 2 aromatic carbocycles. The van der Waals surface area contributed by atoms with Crippen LogP contribution >= 0.6 is 15.9 Å². The number of hydrogen-bond acceptors (Lipinski definition) is 4. The number of ether oxygens (including phenoxy) is 1. The van der Waals surface area contributed by atoms with Crippen molar-refractivity contribution in [1.29, 1.82) is 0 Å². The van der Waals surface area contributed by atoms with Gasteiger partial charge < -0.3 is 15.0 Å². The molecule has 2 heterocycles. The van der Waals surface area contributed by atoms with Gasteiger partial charge in [-0.1, -0.05) is 22.0 Å². The van der Waals surface area contributed by atoms with Crippen LogP contribution in [0.2, 0.25) is 0 Å². The Labute approximate surface area is 216 Å². The minimum absolute atomic E-state index is 0.0346. The van der Waals surface area contributed by atoms with E-state index in [4.69, 9.17) is 4.74 Å². The first-order chi connectivity index (χ1) is 17.0. The van der Waals surface area contributed by atoms with Crippen LogP contribution in [0.15, 0.2) is 53.1 Å². The lowest BCUT2D eigenvalue weighted by molar-refractivity contribution is 0.0203. The predicted molar refractivity (Wildman–Crippen MR) is 135 cm³/mol. The molecule has 0 saturated carbocycles. The Bertz CT molecular complexity index is 1280. The molecule has 36 heavy (non-hydrogen) atoms. The van der Waals surface area contributed by atoms with E-state index in [9.17, 15) is 18.4 Å². The summed E-state index contributed by atoms with van der Waals surface area (Å²) in [7, 11) is 0. The quantitative estimate of drug-likeness (QED) is 0.407. The highest BCUT2D eigenvalue weighted by atomic mass is 79.9. The van der Waals surface area contributed by atoms with Crippen molar-refractivity contribution in [3.63, 3.8) is 0 Å². The number of rotatable bonds is 4. The summed E-state index contributed by atoms with van der Waals surface area (Å²) in [5.74, 6) is -1.69. The second kappa shape index (κ2) is 10.4. The molecule has 3 aromatic rings. The highest BCUT2D eigenvalue weighted by Gasteiger charge is 2.32. The van der Waals surface area contributed by atoms with Crippen molar-refractivity contribution in [2.24, 2.45) is 0 Å². The third-order valence-electron chi connectivity index (χ3n) is 5.82. The first-order valence-electron chi connectivity index (χ1n) is 11.6. The molecule has 1 N–H and O–H groups in total. The third kappa shape index (κ3) is 5.92. The SMILES string of the molecule is CC(C)(C)OC(=O)N1CCC(c2c(C(=O)Nc3ccc(Br)cc3F)cnn2-c2cccc(F)c2)CC1. The molecule has 0 unspecified atom stereocenters. The number of nitrogens with one attached hydrogen (secondary N) is 1. The van der Waals surface area contributed by atoms with Crippen molar-refractivity contribution in [3.05, 3.63) is 76.0 Å². The molecule has 1 saturated heterocycles. The molecular weight excluding hydrogens is 534 g/mol. The first-order valence-corrected chi connectivity index (χ1v) is 12.4. The van der Waals surface area contributed by atoms with E-state index in [-0.39, 0.29) is 23.3 Å². The molecule has 1 aliphatic rings. The van der Waals surface area contributed by atoms with Gasteiger partial charge in [0.25, 0.3) is 5.91 Å². The molecule has 4 rings (SSSR count). The van der Waals surface area contributed by atoms with Gasteiger partial charge in [-0.3, -0.25) is 4.79 Å². The van der Waals surface area contributed by atoms with E-state index >= 15 is 0 Å². The number of benzene rings is 2. The second-order valence-electron chi connectivity index (χ2n) is 9.66. The molecule has 1 fully saturated rings. The second-order valence-corrected chi connectivity index (χ2v) is 10.6. The molecule has 1 aliphatic heterocycles. The number of halogens is 3. The zero-order valence-corrected chi connectivity index (χ0v) is 21.8. The zero-order valence-electron chi connectivity index (χ0n) is 20.2. The van der Waals surface area contributed by atoms with Crippen LogP contribution in [-0.4, -0.2) is 45.4 Å². The van der Waals surface area contributed by atoms with Crippen molar-refractivity contribution < 1.29 is 23.1 Å². The summed E-state index contributed by atoms with van der Waals surface area (Å²) in [6, 6.07) is 10.3.